The molecule has 0 saturated carbocycles. The molecule has 6 nitrogen and oxygen atoms in total. The number of hydrogen-bond donors (Lipinski definition) is 3. The first-order valence-corrected chi connectivity index (χ1v) is 8.11. The normalized spacial score (nSPS) is 22.5. The van der Waals surface area contributed by atoms with E-state index in [9.17, 15) is 0 Å². The lowest BCUT2D eigenvalue weighted by atomic mass is 10.00. The molecule has 114 valence electrons. The third-order valence-electron chi connectivity index (χ3n) is 4.56. The van der Waals surface area contributed by atoms with Crippen LogP contribution in [0.4, 0.5) is 5.82 Å². The number of H-pyrrole nitrogens is 1. The Balaban J connectivity index is 1.49. The first-order chi connectivity index (χ1) is 10.4. The molecule has 0 bridgehead atoms. The van der Waals surface area contributed by atoms with Gasteiger partial charge in [0.25, 0.3) is 0 Å². The Labute approximate surface area is 125 Å². The number of imidazole rings is 1. The van der Waals surface area contributed by atoms with Gasteiger partial charge < -0.3 is 15.2 Å². The number of nitrogens with one attached hydrogen (secondary N) is 3. The van der Waals surface area contributed by atoms with Gasteiger partial charge in [0.2, 0.25) is 0 Å². The van der Waals surface area contributed by atoms with E-state index in [1.54, 1.807) is 17.6 Å². The van der Waals surface area contributed by atoms with E-state index in [1.165, 1.54) is 45.2 Å². The number of piperidine rings is 1. The SMILES string of the molecule is CC[C@@H]1CCCC[NH+]1CCCNc1ncnc2nc[nH]c12. The molecular formula is C15H25N6+. The monoisotopic (exact) mass is 289 g/mol. The van der Waals surface area contributed by atoms with Crippen LogP contribution in [0.3, 0.4) is 0 Å². The lowest BCUT2D eigenvalue weighted by Gasteiger charge is -2.32. The van der Waals surface area contributed by atoms with Gasteiger partial charge in [-0.2, -0.15) is 0 Å². The minimum atomic E-state index is 0.722. The van der Waals surface area contributed by atoms with Gasteiger partial charge in [-0.05, 0) is 25.7 Å². The molecule has 1 aliphatic rings. The quantitative estimate of drug-likeness (QED) is 0.694. The van der Waals surface area contributed by atoms with Crippen LogP contribution in [0.25, 0.3) is 11.2 Å². The van der Waals surface area contributed by atoms with Gasteiger partial charge in [0.1, 0.15) is 11.8 Å². The summed E-state index contributed by atoms with van der Waals surface area (Å²) in [6.07, 6.45) is 9.91. The molecule has 1 fully saturated rings. The fourth-order valence-corrected chi connectivity index (χ4v) is 3.39. The number of fused-ring (bicyclic) bond motifs is 1. The van der Waals surface area contributed by atoms with E-state index in [0.717, 1.165) is 29.6 Å². The van der Waals surface area contributed by atoms with Crippen molar-refractivity contribution in [3.8, 4) is 0 Å². The predicted molar refractivity (Wildman–Crippen MR) is 83.4 cm³/mol. The fourth-order valence-electron chi connectivity index (χ4n) is 3.39. The Morgan fingerprint density at radius 2 is 2.29 bits per heavy atom. The maximum absolute atomic E-state index is 4.29. The van der Waals surface area contributed by atoms with E-state index >= 15 is 0 Å². The van der Waals surface area contributed by atoms with Crippen LogP contribution in [0.5, 0.6) is 0 Å². The lowest BCUT2D eigenvalue weighted by molar-refractivity contribution is -0.930. The zero-order valence-electron chi connectivity index (χ0n) is 12.7. The second kappa shape index (κ2) is 6.85. The zero-order valence-corrected chi connectivity index (χ0v) is 12.7. The standard InChI is InChI=1S/C15H24N6/c1-2-12-6-3-4-8-21(12)9-5-7-16-14-13-15(18-10-17-13)20-11-19-14/h10-12H,2-9H2,1H3,(H2,16,17,18,19,20)/p+1/t12-/m1/s1. The Kier molecular flexibility index (Phi) is 4.65. The minimum absolute atomic E-state index is 0.722. The Bertz CT molecular complexity index is 566. The van der Waals surface area contributed by atoms with Gasteiger partial charge in [-0.25, -0.2) is 15.0 Å². The highest BCUT2D eigenvalue weighted by Crippen LogP contribution is 2.13. The lowest BCUT2D eigenvalue weighted by Crippen LogP contribution is -3.16. The first-order valence-electron chi connectivity index (χ1n) is 8.11. The average molecular weight is 289 g/mol. The van der Waals surface area contributed by atoms with Crippen LogP contribution >= 0.6 is 0 Å². The van der Waals surface area contributed by atoms with Crippen molar-refractivity contribution in [3.05, 3.63) is 12.7 Å². The molecular weight excluding hydrogens is 264 g/mol. The van der Waals surface area contributed by atoms with Gasteiger partial charge in [-0.3, -0.25) is 0 Å². The van der Waals surface area contributed by atoms with Crippen LogP contribution < -0.4 is 10.2 Å². The Hall–Kier alpha value is -1.69. The summed E-state index contributed by atoms with van der Waals surface area (Å²) in [5.74, 6) is 0.859. The smallest absolute Gasteiger partial charge is 0.182 e. The molecule has 0 aliphatic carbocycles. The summed E-state index contributed by atoms with van der Waals surface area (Å²) in [6, 6.07) is 0.872. The van der Waals surface area contributed by atoms with Crippen molar-refractivity contribution >= 4 is 17.0 Å². The van der Waals surface area contributed by atoms with Crippen LogP contribution in [-0.4, -0.2) is 45.6 Å². The van der Waals surface area contributed by atoms with Crippen molar-refractivity contribution in [2.45, 2.75) is 45.1 Å². The van der Waals surface area contributed by atoms with Crippen molar-refractivity contribution in [1.82, 2.24) is 19.9 Å². The summed E-state index contributed by atoms with van der Waals surface area (Å²) in [5.41, 5.74) is 1.62. The maximum Gasteiger partial charge on any atom is 0.182 e. The van der Waals surface area contributed by atoms with Crippen molar-refractivity contribution in [1.29, 1.82) is 0 Å². The number of anilines is 1. The average Bonchev–Trinajstić information content (AvgIpc) is 3.01. The molecule has 1 saturated heterocycles. The largest absolute Gasteiger partial charge is 0.368 e. The van der Waals surface area contributed by atoms with Gasteiger partial charge in [-0.1, -0.05) is 6.92 Å². The molecule has 2 atom stereocenters. The van der Waals surface area contributed by atoms with Crippen LogP contribution in [-0.2, 0) is 0 Å². The molecule has 2 aromatic rings. The number of rotatable bonds is 6. The molecule has 3 heterocycles. The number of likely N-dealkylation sites (tertiary alicyclic amines) is 1. The second-order valence-corrected chi connectivity index (χ2v) is 5.86. The predicted octanol–water partition coefficient (Wildman–Crippen LogP) is 1.00. The van der Waals surface area contributed by atoms with E-state index in [1.807, 2.05) is 0 Å². The first kappa shape index (κ1) is 14.3. The van der Waals surface area contributed by atoms with E-state index < -0.39 is 0 Å². The Morgan fingerprint density at radius 1 is 1.33 bits per heavy atom. The van der Waals surface area contributed by atoms with E-state index in [4.69, 9.17) is 0 Å². The Morgan fingerprint density at radius 3 is 3.19 bits per heavy atom. The number of aromatic nitrogens is 4. The van der Waals surface area contributed by atoms with E-state index in [-0.39, 0.29) is 0 Å². The molecule has 0 spiro atoms. The van der Waals surface area contributed by atoms with Crippen LogP contribution in [0.2, 0.25) is 0 Å². The molecule has 21 heavy (non-hydrogen) atoms. The number of aromatic amines is 1. The summed E-state index contributed by atoms with van der Waals surface area (Å²) < 4.78 is 0. The highest BCUT2D eigenvalue weighted by molar-refractivity contribution is 5.81. The summed E-state index contributed by atoms with van der Waals surface area (Å²) in [4.78, 5) is 17.5. The molecule has 1 unspecified atom stereocenters. The molecule has 0 amide bonds. The van der Waals surface area contributed by atoms with Gasteiger partial charge >= 0.3 is 0 Å². The third-order valence-corrected chi connectivity index (χ3v) is 4.56. The molecule has 0 aromatic carbocycles. The number of quaternary nitrogens is 1. The molecule has 3 N–H and O–H groups in total. The molecule has 6 heteroatoms. The molecule has 2 aromatic heterocycles. The summed E-state index contributed by atoms with van der Waals surface area (Å²) >= 11 is 0. The van der Waals surface area contributed by atoms with Gasteiger partial charge in [0.15, 0.2) is 11.5 Å². The topological polar surface area (TPSA) is 70.9 Å². The summed E-state index contributed by atoms with van der Waals surface area (Å²) in [6.45, 7) is 5.87. The highest BCUT2D eigenvalue weighted by Gasteiger charge is 2.23. The van der Waals surface area contributed by atoms with Gasteiger partial charge in [0.05, 0.1) is 25.5 Å². The van der Waals surface area contributed by atoms with Gasteiger partial charge in [0, 0.05) is 13.0 Å². The van der Waals surface area contributed by atoms with Gasteiger partial charge in [-0.15, -0.1) is 0 Å². The third kappa shape index (κ3) is 3.32. The van der Waals surface area contributed by atoms with Crippen molar-refractivity contribution < 1.29 is 4.90 Å². The number of hydrogen-bond acceptors (Lipinski definition) is 4. The molecule has 3 rings (SSSR count). The van der Waals surface area contributed by atoms with Crippen LogP contribution in [0, 0.1) is 0 Å². The van der Waals surface area contributed by atoms with Crippen LogP contribution in [0.15, 0.2) is 12.7 Å². The summed E-state index contributed by atoms with van der Waals surface area (Å²) in [7, 11) is 0. The maximum atomic E-state index is 4.29. The fraction of sp³-hybridized carbons (Fsp3) is 0.667. The number of nitrogens with zero attached hydrogens (tertiary/aromatic N) is 3. The molecule has 1 aliphatic heterocycles. The molecule has 0 radical (unpaired) electrons. The van der Waals surface area contributed by atoms with Crippen molar-refractivity contribution in [3.63, 3.8) is 0 Å². The summed E-state index contributed by atoms with van der Waals surface area (Å²) in [5, 5.41) is 3.41. The van der Waals surface area contributed by atoms with Crippen molar-refractivity contribution in [2.24, 2.45) is 0 Å². The zero-order chi connectivity index (χ0) is 14.5. The van der Waals surface area contributed by atoms with E-state index in [2.05, 4.69) is 32.2 Å². The van der Waals surface area contributed by atoms with E-state index in [0.29, 0.717) is 0 Å². The second-order valence-electron chi connectivity index (χ2n) is 5.86. The van der Waals surface area contributed by atoms with Crippen molar-refractivity contribution in [2.75, 3.05) is 25.0 Å². The highest BCUT2D eigenvalue weighted by atomic mass is 15.2. The van der Waals surface area contributed by atoms with Crippen LogP contribution in [0.1, 0.15) is 39.0 Å². The minimum Gasteiger partial charge on any atom is -0.368 e.